The lowest BCUT2D eigenvalue weighted by Crippen LogP contribution is -1.88. The van der Waals surface area contributed by atoms with Gasteiger partial charge in [0.05, 0.1) is 5.57 Å². The first-order valence-electron chi connectivity index (χ1n) is 6.33. The monoisotopic (exact) mass is 269 g/mol. The van der Waals surface area contributed by atoms with Crippen LogP contribution in [0.2, 0.25) is 0 Å². The van der Waals surface area contributed by atoms with E-state index >= 15 is 0 Å². The average Bonchev–Trinajstić information content (AvgIpc) is 2.78. The number of nitrogens with zero attached hydrogens (tertiary/aromatic N) is 1. The molecular formula is C17H13F2N. The van der Waals surface area contributed by atoms with E-state index in [2.05, 4.69) is 0 Å². The van der Waals surface area contributed by atoms with Gasteiger partial charge in [0.1, 0.15) is 0 Å². The van der Waals surface area contributed by atoms with E-state index < -0.39 is 6.08 Å². The third kappa shape index (κ3) is 2.01. The van der Waals surface area contributed by atoms with Crippen LogP contribution in [-0.4, -0.2) is 4.57 Å². The minimum Gasteiger partial charge on any atom is -0.350 e. The van der Waals surface area contributed by atoms with Crippen LogP contribution >= 0.6 is 0 Å². The van der Waals surface area contributed by atoms with Crippen LogP contribution in [0.25, 0.3) is 16.5 Å². The molecule has 0 N–H and O–H groups in total. The zero-order valence-electron chi connectivity index (χ0n) is 11.0. The second kappa shape index (κ2) is 4.93. The molecule has 0 amide bonds. The van der Waals surface area contributed by atoms with Crippen molar-refractivity contribution >= 4 is 16.5 Å². The minimum atomic E-state index is -1.66. The minimum absolute atomic E-state index is 0.00222. The maximum atomic E-state index is 13.5. The fourth-order valence-electron chi connectivity index (χ4n) is 2.51. The van der Waals surface area contributed by atoms with Gasteiger partial charge in [0.2, 0.25) is 0 Å². The number of benzene rings is 2. The van der Waals surface area contributed by atoms with Gasteiger partial charge in [-0.3, -0.25) is 0 Å². The first-order chi connectivity index (χ1) is 9.68. The molecule has 0 aliphatic rings. The Hall–Kier alpha value is -2.42. The van der Waals surface area contributed by atoms with Crippen molar-refractivity contribution in [2.24, 2.45) is 7.05 Å². The van der Waals surface area contributed by atoms with Crippen LogP contribution in [0.1, 0.15) is 11.1 Å². The molecule has 2 aromatic carbocycles. The number of para-hydroxylation sites is 1. The molecule has 0 aliphatic carbocycles. The quantitative estimate of drug-likeness (QED) is 0.627. The Morgan fingerprint density at radius 3 is 2.25 bits per heavy atom. The molecule has 0 atom stereocenters. The number of aryl methyl sites for hydroxylation is 1. The predicted octanol–water partition coefficient (Wildman–Crippen LogP) is 4.83. The number of rotatable bonds is 2. The lowest BCUT2D eigenvalue weighted by atomic mass is 9.99. The summed E-state index contributed by atoms with van der Waals surface area (Å²) in [6, 6.07) is 16.3. The molecule has 20 heavy (non-hydrogen) atoms. The highest BCUT2D eigenvalue weighted by Gasteiger charge is 2.17. The van der Waals surface area contributed by atoms with Crippen molar-refractivity contribution in [3.8, 4) is 0 Å². The predicted molar refractivity (Wildman–Crippen MR) is 77.6 cm³/mol. The maximum absolute atomic E-state index is 13.5. The number of hydrogen-bond acceptors (Lipinski definition) is 0. The lowest BCUT2D eigenvalue weighted by molar-refractivity contribution is 0.426. The SMILES string of the molecule is Cn1cc(C(=C(F)F)c2ccccc2)c2ccccc21. The Labute approximate surface area is 115 Å². The second-order valence-corrected chi connectivity index (χ2v) is 4.67. The molecule has 0 unspecified atom stereocenters. The van der Waals surface area contributed by atoms with Crippen LogP contribution in [0.15, 0.2) is 66.9 Å². The van der Waals surface area contributed by atoms with Crippen LogP contribution < -0.4 is 0 Å². The Morgan fingerprint density at radius 1 is 0.900 bits per heavy atom. The van der Waals surface area contributed by atoms with E-state index in [1.807, 2.05) is 41.9 Å². The van der Waals surface area contributed by atoms with Gasteiger partial charge >= 0.3 is 0 Å². The molecule has 1 heterocycles. The van der Waals surface area contributed by atoms with Gasteiger partial charge in [-0.1, -0.05) is 48.5 Å². The van der Waals surface area contributed by atoms with E-state index in [-0.39, 0.29) is 5.57 Å². The zero-order chi connectivity index (χ0) is 14.1. The third-order valence-corrected chi connectivity index (χ3v) is 3.42. The molecule has 0 saturated carbocycles. The molecule has 0 bridgehead atoms. The van der Waals surface area contributed by atoms with Crippen molar-refractivity contribution < 1.29 is 8.78 Å². The molecule has 1 aromatic heterocycles. The molecule has 0 spiro atoms. The topological polar surface area (TPSA) is 4.93 Å². The second-order valence-electron chi connectivity index (χ2n) is 4.67. The maximum Gasteiger partial charge on any atom is 0.278 e. The van der Waals surface area contributed by atoms with E-state index in [0.29, 0.717) is 11.1 Å². The normalized spacial score (nSPS) is 10.8. The van der Waals surface area contributed by atoms with Crippen molar-refractivity contribution in [3.05, 3.63) is 78.0 Å². The largest absolute Gasteiger partial charge is 0.350 e. The molecule has 3 rings (SSSR count). The van der Waals surface area contributed by atoms with Gasteiger partial charge in [-0.05, 0) is 11.6 Å². The van der Waals surface area contributed by atoms with E-state index in [0.717, 1.165) is 10.9 Å². The van der Waals surface area contributed by atoms with E-state index in [1.54, 1.807) is 30.5 Å². The summed E-state index contributed by atoms with van der Waals surface area (Å²) in [5.74, 6) is 0. The highest BCUT2D eigenvalue weighted by Crippen LogP contribution is 2.34. The van der Waals surface area contributed by atoms with Gasteiger partial charge in [-0.15, -0.1) is 0 Å². The Bertz CT molecular complexity index is 781. The molecule has 0 aliphatic heterocycles. The Kier molecular flexibility index (Phi) is 3.11. The zero-order valence-corrected chi connectivity index (χ0v) is 11.0. The van der Waals surface area contributed by atoms with Gasteiger partial charge in [0.15, 0.2) is 0 Å². The van der Waals surface area contributed by atoms with Crippen molar-refractivity contribution in [3.63, 3.8) is 0 Å². The smallest absolute Gasteiger partial charge is 0.278 e. The first kappa shape index (κ1) is 12.6. The fourth-order valence-corrected chi connectivity index (χ4v) is 2.51. The third-order valence-electron chi connectivity index (χ3n) is 3.42. The number of hydrogen-bond donors (Lipinski definition) is 0. The van der Waals surface area contributed by atoms with Crippen LogP contribution in [0.4, 0.5) is 8.78 Å². The van der Waals surface area contributed by atoms with Gasteiger partial charge < -0.3 is 4.57 Å². The van der Waals surface area contributed by atoms with Crippen LogP contribution in [0.5, 0.6) is 0 Å². The summed E-state index contributed by atoms with van der Waals surface area (Å²) < 4.78 is 28.8. The molecule has 0 fully saturated rings. The molecule has 0 radical (unpaired) electrons. The molecule has 3 aromatic rings. The van der Waals surface area contributed by atoms with Gasteiger partial charge in [-0.25, -0.2) is 0 Å². The van der Waals surface area contributed by atoms with Crippen molar-refractivity contribution in [2.45, 2.75) is 0 Å². The first-order valence-corrected chi connectivity index (χ1v) is 6.33. The molecule has 3 heteroatoms. The highest BCUT2D eigenvalue weighted by molar-refractivity contribution is 5.97. The van der Waals surface area contributed by atoms with Gasteiger partial charge in [-0.2, -0.15) is 8.78 Å². The van der Waals surface area contributed by atoms with Crippen LogP contribution in [0, 0.1) is 0 Å². The van der Waals surface area contributed by atoms with Gasteiger partial charge in [0, 0.05) is 29.7 Å². The summed E-state index contributed by atoms with van der Waals surface area (Å²) in [6.45, 7) is 0. The Balaban J connectivity index is 2.30. The summed E-state index contributed by atoms with van der Waals surface area (Å²) in [5.41, 5.74) is 2.04. The summed E-state index contributed by atoms with van der Waals surface area (Å²) in [4.78, 5) is 0. The van der Waals surface area contributed by atoms with E-state index in [4.69, 9.17) is 0 Å². The van der Waals surface area contributed by atoms with Crippen LogP contribution in [-0.2, 0) is 7.05 Å². The van der Waals surface area contributed by atoms with Crippen molar-refractivity contribution in [1.29, 1.82) is 0 Å². The summed E-state index contributed by atoms with van der Waals surface area (Å²) >= 11 is 0. The molecular weight excluding hydrogens is 256 g/mol. The van der Waals surface area contributed by atoms with Crippen LogP contribution in [0.3, 0.4) is 0 Å². The fraction of sp³-hybridized carbons (Fsp3) is 0.0588. The van der Waals surface area contributed by atoms with Crippen molar-refractivity contribution in [1.82, 2.24) is 4.57 Å². The van der Waals surface area contributed by atoms with Crippen molar-refractivity contribution in [2.75, 3.05) is 0 Å². The molecule has 1 nitrogen and oxygen atoms in total. The number of halogens is 2. The molecule has 100 valence electrons. The Morgan fingerprint density at radius 2 is 1.55 bits per heavy atom. The lowest BCUT2D eigenvalue weighted by Gasteiger charge is -2.05. The number of fused-ring (bicyclic) bond motifs is 1. The van der Waals surface area contributed by atoms with E-state index in [1.165, 1.54) is 0 Å². The van der Waals surface area contributed by atoms with Gasteiger partial charge in [0.25, 0.3) is 6.08 Å². The summed E-state index contributed by atoms with van der Waals surface area (Å²) in [5, 5.41) is 0.835. The van der Waals surface area contributed by atoms with E-state index in [9.17, 15) is 8.78 Å². The average molecular weight is 269 g/mol. The highest BCUT2D eigenvalue weighted by atomic mass is 19.3. The summed E-state index contributed by atoms with van der Waals surface area (Å²) in [6.07, 6.45) is 0.0964. The molecule has 0 saturated heterocycles. The standard InChI is InChI=1S/C17H13F2N/c1-20-11-14(13-9-5-6-10-15(13)20)16(17(18)19)12-7-3-2-4-8-12/h2-11H,1H3. The number of aromatic nitrogens is 1. The summed E-state index contributed by atoms with van der Waals surface area (Å²) in [7, 11) is 1.87.